The molecule has 0 spiro atoms. The van der Waals surface area contributed by atoms with E-state index in [0.29, 0.717) is 17.9 Å². The van der Waals surface area contributed by atoms with Gasteiger partial charge < -0.3 is 4.74 Å². The van der Waals surface area contributed by atoms with Gasteiger partial charge >= 0.3 is 6.61 Å². The predicted molar refractivity (Wildman–Crippen MR) is 108 cm³/mol. The topological polar surface area (TPSA) is 98.9 Å². The number of hydrogen-bond donors (Lipinski definition) is 0. The van der Waals surface area contributed by atoms with E-state index in [-0.39, 0.29) is 29.6 Å². The second kappa shape index (κ2) is 8.10. The van der Waals surface area contributed by atoms with Gasteiger partial charge in [0.05, 0.1) is 36.6 Å². The Labute approximate surface area is 180 Å². The maximum atomic E-state index is 12.7. The van der Waals surface area contributed by atoms with E-state index in [2.05, 4.69) is 29.9 Å². The molecule has 0 saturated carbocycles. The van der Waals surface area contributed by atoms with E-state index in [1.165, 1.54) is 23.3 Å². The molecule has 0 fully saturated rings. The first-order valence-electron chi connectivity index (χ1n) is 9.60. The molecule has 1 amide bonds. The van der Waals surface area contributed by atoms with Crippen molar-refractivity contribution in [2.45, 2.75) is 19.6 Å². The lowest BCUT2D eigenvalue weighted by Gasteiger charge is -2.17. The van der Waals surface area contributed by atoms with Crippen LogP contribution in [-0.4, -0.2) is 42.5 Å². The molecule has 0 bridgehead atoms. The normalized spacial score (nSPS) is 13.0. The molecule has 0 radical (unpaired) electrons. The van der Waals surface area contributed by atoms with Crippen LogP contribution in [0.2, 0.25) is 0 Å². The van der Waals surface area contributed by atoms with E-state index in [4.69, 9.17) is 0 Å². The van der Waals surface area contributed by atoms with E-state index in [1.807, 2.05) is 24.3 Å². The summed E-state index contributed by atoms with van der Waals surface area (Å²) < 4.78 is 30.0. The van der Waals surface area contributed by atoms with Gasteiger partial charge in [-0.1, -0.05) is 12.1 Å². The molecule has 32 heavy (non-hydrogen) atoms. The summed E-state index contributed by atoms with van der Waals surface area (Å²) in [5.41, 5.74) is 2.55. The molecule has 4 heterocycles. The first kappa shape index (κ1) is 19.7. The summed E-state index contributed by atoms with van der Waals surface area (Å²) in [6, 6.07) is 10.6. The lowest BCUT2D eigenvalue weighted by molar-refractivity contribution is -0.117. The van der Waals surface area contributed by atoms with E-state index in [9.17, 15) is 13.6 Å². The molecule has 5 rings (SSSR count). The number of alkyl halides is 2. The molecule has 0 N–H and O–H groups in total. The second-order valence-electron chi connectivity index (χ2n) is 6.92. The highest BCUT2D eigenvalue weighted by molar-refractivity contribution is 6.00. The molecule has 0 saturated heterocycles. The largest absolute Gasteiger partial charge is 0.416 e. The highest BCUT2D eigenvalue weighted by Gasteiger charge is 2.30. The van der Waals surface area contributed by atoms with Gasteiger partial charge in [-0.2, -0.15) is 23.8 Å². The van der Waals surface area contributed by atoms with Gasteiger partial charge in [-0.3, -0.25) is 9.69 Å². The molecule has 4 aromatic rings. The van der Waals surface area contributed by atoms with Gasteiger partial charge in [0.15, 0.2) is 5.82 Å². The van der Waals surface area contributed by atoms with Crippen molar-refractivity contribution in [2.24, 2.45) is 0 Å². The number of amides is 1. The first-order chi connectivity index (χ1) is 15.6. The van der Waals surface area contributed by atoms with Crippen molar-refractivity contribution in [3.63, 3.8) is 0 Å². The van der Waals surface area contributed by atoms with Crippen LogP contribution in [0.3, 0.4) is 0 Å². The van der Waals surface area contributed by atoms with Crippen LogP contribution in [0.4, 0.5) is 14.6 Å². The molecule has 1 aromatic carbocycles. The van der Waals surface area contributed by atoms with Crippen molar-refractivity contribution in [3.8, 4) is 23.0 Å². The monoisotopic (exact) mass is 435 g/mol. The van der Waals surface area contributed by atoms with E-state index < -0.39 is 6.61 Å². The van der Waals surface area contributed by atoms with Crippen LogP contribution in [0.5, 0.6) is 5.88 Å². The van der Waals surface area contributed by atoms with Crippen LogP contribution in [0.25, 0.3) is 17.1 Å². The van der Waals surface area contributed by atoms with E-state index in [0.717, 1.165) is 11.3 Å². The Hall–Kier alpha value is -4.28. The molecule has 0 unspecified atom stereocenters. The summed E-state index contributed by atoms with van der Waals surface area (Å²) in [6.07, 6.45) is 6.21. The number of hydrogen-bond acceptors (Lipinski definition) is 7. The maximum Gasteiger partial charge on any atom is 0.388 e. The molecule has 9 nitrogen and oxygen atoms in total. The molecule has 1 aliphatic rings. The van der Waals surface area contributed by atoms with Crippen LogP contribution in [0.15, 0.2) is 61.2 Å². The van der Waals surface area contributed by atoms with Crippen molar-refractivity contribution in [1.82, 2.24) is 29.9 Å². The average molecular weight is 435 g/mol. The number of anilines is 1. The Morgan fingerprint density at radius 1 is 1.03 bits per heavy atom. The van der Waals surface area contributed by atoms with Gasteiger partial charge in [0.1, 0.15) is 5.82 Å². The Balaban J connectivity index is 1.44. The third-order valence-electron chi connectivity index (χ3n) is 4.88. The van der Waals surface area contributed by atoms with E-state index >= 15 is 0 Å². The molecule has 3 aromatic heterocycles. The quantitative estimate of drug-likeness (QED) is 0.459. The lowest BCUT2D eigenvalue weighted by Crippen LogP contribution is -2.26. The molecule has 11 heteroatoms. The summed E-state index contributed by atoms with van der Waals surface area (Å²) >= 11 is 0. The summed E-state index contributed by atoms with van der Waals surface area (Å²) in [5.74, 6) is 0.178. The summed E-state index contributed by atoms with van der Waals surface area (Å²) in [7, 11) is 0. The number of nitrogens with zero attached hydrogens (tertiary/aromatic N) is 7. The van der Waals surface area contributed by atoms with Crippen LogP contribution >= 0.6 is 0 Å². The Bertz CT molecular complexity index is 1260. The summed E-state index contributed by atoms with van der Waals surface area (Å²) in [6.45, 7) is -2.74. The molecular formula is C21H15F2N7O2. The summed E-state index contributed by atoms with van der Waals surface area (Å²) in [4.78, 5) is 28.2. The predicted octanol–water partition coefficient (Wildman–Crippen LogP) is 2.81. The highest BCUT2D eigenvalue weighted by atomic mass is 19.3. The Morgan fingerprint density at radius 2 is 1.81 bits per heavy atom. The van der Waals surface area contributed by atoms with Crippen LogP contribution in [-0.2, 0) is 17.8 Å². The standard InChI is InChI=1S/C21H15F2N7O2/c22-21(23)32-20-16(2-1-7-24-20)18-25-11-14-10-17(31)29(19(14)28-18)12-13-3-5-15(6-4-13)30-26-8-9-27-30/h1-9,11,21H,10,12H2. The van der Waals surface area contributed by atoms with Crippen LogP contribution in [0.1, 0.15) is 11.1 Å². The average Bonchev–Trinajstić information content (AvgIpc) is 3.43. The molecular weight excluding hydrogens is 420 g/mol. The van der Waals surface area contributed by atoms with Crippen molar-refractivity contribution in [1.29, 1.82) is 0 Å². The minimum atomic E-state index is -3.03. The van der Waals surface area contributed by atoms with Gasteiger partial charge in [-0.25, -0.2) is 15.0 Å². The van der Waals surface area contributed by atoms with Crippen molar-refractivity contribution in [2.75, 3.05) is 4.90 Å². The van der Waals surface area contributed by atoms with Crippen LogP contribution < -0.4 is 9.64 Å². The number of rotatable bonds is 6. The van der Waals surface area contributed by atoms with Crippen molar-refractivity contribution >= 4 is 11.7 Å². The number of pyridine rings is 1. The SMILES string of the molecule is O=C1Cc2cnc(-c3cccnc3OC(F)F)nc2N1Cc1ccc(-n2nccn2)cc1. The zero-order valence-corrected chi connectivity index (χ0v) is 16.5. The Morgan fingerprint density at radius 3 is 2.56 bits per heavy atom. The molecule has 0 atom stereocenters. The van der Waals surface area contributed by atoms with Gasteiger partial charge in [0.25, 0.3) is 0 Å². The minimum absolute atomic E-state index is 0.125. The Kier molecular flexibility index (Phi) is 4.98. The number of benzene rings is 1. The number of halogens is 2. The maximum absolute atomic E-state index is 12.7. The van der Waals surface area contributed by atoms with E-state index in [1.54, 1.807) is 23.4 Å². The number of carbonyl (C=O) groups excluding carboxylic acids is 1. The third kappa shape index (κ3) is 3.75. The molecule has 0 aliphatic carbocycles. The second-order valence-corrected chi connectivity index (χ2v) is 6.92. The number of fused-ring (bicyclic) bond motifs is 1. The zero-order valence-electron chi connectivity index (χ0n) is 16.5. The van der Waals surface area contributed by atoms with Gasteiger partial charge in [-0.05, 0) is 29.8 Å². The van der Waals surface area contributed by atoms with Gasteiger partial charge in [0, 0.05) is 18.0 Å². The summed E-state index contributed by atoms with van der Waals surface area (Å²) in [5, 5.41) is 8.17. The first-order valence-corrected chi connectivity index (χ1v) is 9.60. The number of ether oxygens (including phenoxy) is 1. The molecule has 160 valence electrons. The number of carbonyl (C=O) groups is 1. The zero-order chi connectivity index (χ0) is 22.1. The lowest BCUT2D eigenvalue weighted by atomic mass is 10.2. The fourth-order valence-electron chi connectivity index (χ4n) is 3.43. The van der Waals surface area contributed by atoms with Crippen molar-refractivity contribution < 1.29 is 18.3 Å². The highest BCUT2D eigenvalue weighted by Crippen LogP contribution is 2.32. The fraction of sp³-hybridized carbons (Fsp3) is 0.143. The van der Waals surface area contributed by atoms with Gasteiger partial charge in [0.2, 0.25) is 11.8 Å². The number of aromatic nitrogens is 6. The van der Waals surface area contributed by atoms with Crippen molar-refractivity contribution in [3.05, 3.63) is 72.3 Å². The fourth-order valence-corrected chi connectivity index (χ4v) is 3.43. The molecule has 1 aliphatic heterocycles. The third-order valence-corrected chi connectivity index (χ3v) is 4.88. The minimum Gasteiger partial charge on any atom is -0.416 e. The van der Waals surface area contributed by atoms with Crippen LogP contribution in [0, 0.1) is 0 Å². The van der Waals surface area contributed by atoms with Gasteiger partial charge in [-0.15, -0.1) is 0 Å². The smallest absolute Gasteiger partial charge is 0.388 e.